The number of hydrogen-bond donors (Lipinski definition) is 2. The average molecular weight is 330 g/mol. The molecule has 0 aliphatic carbocycles. The lowest BCUT2D eigenvalue weighted by molar-refractivity contribution is 0.259. The lowest BCUT2D eigenvalue weighted by Crippen LogP contribution is -2.37. The van der Waals surface area contributed by atoms with Crippen LogP contribution < -0.4 is 11.3 Å². The number of benzene rings is 2. The number of nitrogens with two attached hydrogens (primary N) is 1. The molecule has 0 radical (unpaired) electrons. The molecule has 0 bridgehead atoms. The first-order valence-corrected chi connectivity index (χ1v) is 8.19. The fraction of sp³-hybridized carbons (Fsp3) is 0.333. The first-order valence-electron chi connectivity index (χ1n) is 8.19. The van der Waals surface area contributed by atoms with E-state index in [0.717, 1.165) is 22.3 Å². The number of halogens is 2. The van der Waals surface area contributed by atoms with Gasteiger partial charge in [-0.2, -0.15) is 0 Å². The fourth-order valence-corrected chi connectivity index (χ4v) is 3.57. The number of anilines is 1. The van der Waals surface area contributed by atoms with Gasteiger partial charge in [-0.3, -0.25) is 5.84 Å². The van der Waals surface area contributed by atoms with Crippen molar-refractivity contribution in [1.82, 2.24) is 10.0 Å². The monoisotopic (exact) mass is 330 g/mol. The van der Waals surface area contributed by atoms with E-state index >= 15 is 0 Å². The fourth-order valence-electron chi connectivity index (χ4n) is 3.57. The minimum atomic E-state index is -0.188. The van der Waals surface area contributed by atoms with Crippen LogP contribution in [0.25, 0.3) is 0 Å². The smallest absolute Gasteiger partial charge is 0.128 e. The van der Waals surface area contributed by atoms with E-state index in [2.05, 4.69) is 5.43 Å². The highest BCUT2D eigenvalue weighted by molar-refractivity contribution is 5.50. The first-order chi connectivity index (χ1) is 11.6. The summed E-state index contributed by atoms with van der Waals surface area (Å²) in [4.78, 5) is 0. The molecule has 0 spiro atoms. The van der Waals surface area contributed by atoms with E-state index in [9.17, 15) is 8.78 Å². The third-order valence-corrected chi connectivity index (χ3v) is 4.81. The van der Waals surface area contributed by atoms with E-state index in [1.165, 1.54) is 12.1 Å². The highest BCUT2D eigenvalue weighted by Gasteiger charge is 2.21. The molecule has 0 saturated carbocycles. The first kappa shape index (κ1) is 15.5. The lowest BCUT2D eigenvalue weighted by atomic mass is 9.99. The van der Waals surface area contributed by atoms with Crippen molar-refractivity contribution in [3.8, 4) is 0 Å². The van der Waals surface area contributed by atoms with Crippen molar-refractivity contribution in [2.45, 2.75) is 25.9 Å². The standard InChI is InChI=1S/C18H20F2N4/c19-17-3-1-2-12-11-24(7-5-15(12)17)22-14-8-13-10-23(21)6-4-16(13)18(20)9-14/h1-3,8-9,22H,4-7,10-11,21H2. The lowest BCUT2D eigenvalue weighted by Gasteiger charge is -2.31. The van der Waals surface area contributed by atoms with Gasteiger partial charge in [0.05, 0.1) is 5.69 Å². The van der Waals surface area contributed by atoms with Gasteiger partial charge in [0, 0.05) is 26.2 Å². The van der Waals surface area contributed by atoms with E-state index in [1.54, 1.807) is 11.1 Å². The molecule has 2 aliphatic heterocycles. The zero-order valence-electron chi connectivity index (χ0n) is 13.4. The van der Waals surface area contributed by atoms with E-state index in [0.29, 0.717) is 44.7 Å². The molecule has 0 saturated heterocycles. The van der Waals surface area contributed by atoms with Crippen molar-refractivity contribution in [1.29, 1.82) is 0 Å². The maximum atomic E-state index is 14.3. The minimum Gasteiger partial charge on any atom is -0.318 e. The Balaban J connectivity index is 1.54. The predicted octanol–water partition coefficient (Wildman–Crippen LogP) is 2.58. The molecule has 0 aromatic heterocycles. The van der Waals surface area contributed by atoms with Crippen LogP contribution in [0.1, 0.15) is 22.3 Å². The van der Waals surface area contributed by atoms with Crippen molar-refractivity contribution in [2.24, 2.45) is 5.84 Å². The van der Waals surface area contributed by atoms with Gasteiger partial charge in [0.25, 0.3) is 0 Å². The van der Waals surface area contributed by atoms with Crippen molar-refractivity contribution in [3.63, 3.8) is 0 Å². The van der Waals surface area contributed by atoms with E-state index < -0.39 is 0 Å². The van der Waals surface area contributed by atoms with Gasteiger partial charge in [0.1, 0.15) is 11.6 Å². The molecular formula is C18H20F2N4. The van der Waals surface area contributed by atoms with Crippen LogP contribution in [0.3, 0.4) is 0 Å². The van der Waals surface area contributed by atoms with E-state index in [4.69, 9.17) is 5.84 Å². The highest BCUT2D eigenvalue weighted by atomic mass is 19.1. The average Bonchev–Trinajstić information content (AvgIpc) is 2.54. The Morgan fingerprint density at radius 3 is 2.58 bits per heavy atom. The second-order valence-electron chi connectivity index (χ2n) is 6.48. The Bertz CT molecular complexity index is 778. The maximum Gasteiger partial charge on any atom is 0.128 e. The summed E-state index contributed by atoms with van der Waals surface area (Å²) in [5, 5.41) is 3.69. The van der Waals surface area contributed by atoms with E-state index in [1.807, 2.05) is 17.1 Å². The number of rotatable bonds is 2. The van der Waals surface area contributed by atoms with E-state index in [-0.39, 0.29) is 11.6 Å². The molecule has 2 aliphatic rings. The van der Waals surface area contributed by atoms with Crippen molar-refractivity contribution >= 4 is 5.69 Å². The molecule has 0 amide bonds. The predicted molar refractivity (Wildman–Crippen MR) is 88.8 cm³/mol. The minimum absolute atomic E-state index is 0.144. The molecule has 4 rings (SSSR count). The summed E-state index contributed by atoms with van der Waals surface area (Å²) < 4.78 is 28.1. The summed E-state index contributed by atoms with van der Waals surface area (Å²) in [5.74, 6) is 5.51. The van der Waals surface area contributed by atoms with Gasteiger partial charge in [0.15, 0.2) is 0 Å². The molecular weight excluding hydrogens is 310 g/mol. The van der Waals surface area contributed by atoms with Crippen LogP contribution in [0.15, 0.2) is 30.3 Å². The molecule has 126 valence electrons. The Kier molecular flexibility index (Phi) is 3.96. The normalized spacial score (nSPS) is 18.1. The molecule has 0 atom stereocenters. The third-order valence-electron chi connectivity index (χ3n) is 4.81. The zero-order chi connectivity index (χ0) is 16.7. The van der Waals surface area contributed by atoms with Gasteiger partial charge in [-0.05, 0) is 53.3 Å². The molecule has 2 aromatic carbocycles. The second kappa shape index (κ2) is 6.12. The van der Waals surface area contributed by atoms with Crippen LogP contribution in [-0.2, 0) is 25.9 Å². The SMILES string of the molecule is NN1CCc2c(F)cc(NN3CCc4c(F)cccc4C3)cc2C1. The molecule has 6 heteroatoms. The summed E-state index contributed by atoms with van der Waals surface area (Å²) in [6.07, 6.45) is 1.27. The highest BCUT2D eigenvalue weighted by Crippen LogP contribution is 2.27. The summed E-state index contributed by atoms with van der Waals surface area (Å²) in [6, 6.07) is 8.65. The Morgan fingerprint density at radius 1 is 0.917 bits per heavy atom. The van der Waals surface area contributed by atoms with Crippen LogP contribution in [-0.4, -0.2) is 23.1 Å². The Labute approximate surface area is 139 Å². The Hall–Kier alpha value is -2.02. The molecule has 24 heavy (non-hydrogen) atoms. The number of hydrazine groups is 2. The van der Waals surface area contributed by atoms with Crippen LogP contribution >= 0.6 is 0 Å². The van der Waals surface area contributed by atoms with Crippen LogP contribution in [0.5, 0.6) is 0 Å². The van der Waals surface area contributed by atoms with Gasteiger partial charge in [0.2, 0.25) is 0 Å². The van der Waals surface area contributed by atoms with Gasteiger partial charge in [-0.25, -0.2) is 18.8 Å². The molecule has 4 nitrogen and oxygen atoms in total. The van der Waals surface area contributed by atoms with Crippen molar-refractivity contribution < 1.29 is 8.78 Å². The van der Waals surface area contributed by atoms with Crippen LogP contribution in [0.4, 0.5) is 14.5 Å². The van der Waals surface area contributed by atoms with Crippen LogP contribution in [0, 0.1) is 11.6 Å². The largest absolute Gasteiger partial charge is 0.318 e. The van der Waals surface area contributed by atoms with Gasteiger partial charge in [-0.15, -0.1) is 0 Å². The summed E-state index contributed by atoms with van der Waals surface area (Å²) in [7, 11) is 0. The van der Waals surface area contributed by atoms with Crippen molar-refractivity contribution in [2.75, 3.05) is 18.5 Å². The van der Waals surface area contributed by atoms with Gasteiger partial charge < -0.3 is 5.43 Å². The number of nitrogens with zero attached hydrogens (tertiary/aromatic N) is 2. The van der Waals surface area contributed by atoms with Crippen LogP contribution in [0.2, 0.25) is 0 Å². The second-order valence-corrected chi connectivity index (χ2v) is 6.48. The topological polar surface area (TPSA) is 44.5 Å². The summed E-state index contributed by atoms with van der Waals surface area (Å²) in [6.45, 7) is 2.49. The van der Waals surface area contributed by atoms with Gasteiger partial charge in [-0.1, -0.05) is 12.1 Å². The summed E-state index contributed by atoms with van der Waals surface area (Å²) >= 11 is 0. The summed E-state index contributed by atoms with van der Waals surface area (Å²) in [5.41, 5.74) is 7.41. The molecule has 2 heterocycles. The zero-order valence-corrected chi connectivity index (χ0v) is 13.4. The quantitative estimate of drug-likeness (QED) is 0.831. The maximum absolute atomic E-state index is 14.3. The third kappa shape index (κ3) is 2.88. The Morgan fingerprint density at radius 2 is 1.71 bits per heavy atom. The molecule has 2 aromatic rings. The van der Waals surface area contributed by atoms with Gasteiger partial charge >= 0.3 is 0 Å². The molecule has 3 N–H and O–H groups in total. The van der Waals surface area contributed by atoms with Crippen molar-refractivity contribution in [3.05, 3.63) is 64.2 Å². The molecule has 0 fully saturated rings. The number of nitrogens with one attached hydrogen (secondary N) is 1. The molecule has 0 unspecified atom stereocenters. The number of fused-ring (bicyclic) bond motifs is 2. The number of hydrogen-bond acceptors (Lipinski definition) is 4.